The quantitative estimate of drug-likeness (QED) is 0.386. The Balaban J connectivity index is 1.79. The van der Waals surface area contributed by atoms with Crippen molar-refractivity contribution < 1.29 is 0 Å². The van der Waals surface area contributed by atoms with Gasteiger partial charge in [0.2, 0.25) is 0 Å². The summed E-state index contributed by atoms with van der Waals surface area (Å²) in [4.78, 5) is 0. The molecular weight excluding hydrogens is 388 g/mol. The average Bonchev–Trinajstić information content (AvgIpc) is 3.23. The lowest BCUT2D eigenvalue weighted by Gasteiger charge is -2.42. The smallest absolute Gasteiger partial charge is 0.122 e. The zero-order valence-electron chi connectivity index (χ0n) is 16.6. The van der Waals surface area contributed by atoms with Gasteiger partial charge in [0.15, 0.2) is 0 Å². The summed E-state index contributed by atoms with van der Waals surface area (Å²) in [6.45, 7) is 2.15. The normalized spacial score (nSPS) is 23.1. The number of hydrogen-bond acceptors (Lipinski definition) is 2. The standard InChI is InChI=1S/C27H21ClN2/c1-18-12-14-24-22(16-18)26(19-8-4-2-5-9-19)27(29-24,20-10-6-3-7-11-20)23-17-21(28)13-15-25(23)30-26/h2-17,29-30H,1H3. The summed E-state index contributed by atoms with van der Waals surface area (Å²) in [6.07, 6.45) is 0. The molecule has 0 radical (unpaired) electrons. The maximum Gasteiger partial charge on any atom is 0.122 e. The molecule has 4 aromatic carbocycles. The van der Waals surface area contributed by atoms with Crippen LogP contribution in [0.1, 0.15) is 27.8 Å². The van der Waals surface area contributed by atoms with E-state index in [4.69, 9.17) is 11.6 Å². The van der Waals surface area contributed by atoms with Crippen LogP contribution in [0.3, 0.4) is 0 Å². The molecule has 30 heavy (non-hydrogen) atoms. The van der Waals surface area contributed by atoms with E-state index in [0.29, 0.717) is 0 Å². The minimum atomic E-state index is -0.522. The Kier molecular flexibility index (Phi) is 3.60. The van der Waals surface area contributed by atoms with E-state index in [1.165, 1.54) is 27.8 Å². The van der Waals surface area contributed by atoms with Crippen molar-refractivity contribution in [2.24, 2.45) is 0 Å². The lowest BCUT2D eigenvalue weighted by Crippen LogP contribution is -2.51. The van der Waals surface area contributed by atoms with Gasteiger partial charge in [0, 0.05) is 27.5 Å². The highest BCUT2D eigenvalue weighted by Gasteiger charge is 2.65. The summed E-state index contributed by atoms with van der Waals surface area (Å²) in [5.41, 5.74) is 7.32. The lowest BCUT2D eigenvalue weighted by molar-refractivity contribution is 0.439. The number of anilines is 2. The van der Waals surface area contributed by atoms with E-state index >= 15 is 0 Å². The summed E-state index contributed by atoms with van der Waals surface area (Å²) in [5.74, 6) is 0. The summed E-state index contributed by atoms with van der Waals surface area (Å²) in [6, 6.07) is 34.3. The predicted octanol–water partition coefficient (Wildman–Crippen LogP) is 6.69. The molecule has 2 heterocycles. The molecule has 2 N–H and O–H groups in total. The molecular formula is C27H21ClN2. The minimum Gasteiger partial charge on any atom is -0.369 e. The molecule has 0 fully saturated rings. The van der Waals surface area contributed by atoms with Gasteiger partial charge in [-0.1, -0.05) is 90.0 Å². The Morgan fingerprint density at radius 1 is 0.600 bits per heavy atom. The van der Waals surface area contributed by atoms with Crippen LogP contribution in [-0.2, 0) is 11.1 Å². The molecule has 2 atom stereocenters. The van der Waals surface area contributed by atoms with E-state index in [1.54, 1.807) is 0 Å². The highest BCUT2D eigenvalue weighted by Crippen LogP contribution is 2.64. The molecule has 0 spiro atoms. The molecule has 2 aliphatic heterocycles. The third kappa shape index (κ3) is 2.09. The molecule has 2 aliphatic rings. The number of rotatable bonds is 2. The molecule has 2 nitrogen and oxygen atoms in total. The third-order valence-corrected chi connectivity index (χ3v) is 6.82. The van der Waals surface area contributed by atoms with Gasteiger partial charge in [0.1, 0.15) is 11.1 Å². The Bertz CT molecular complexity index is 1170. The summed E-state index contributed by atoms with van der Waals surface area (Å²) in [7, 11) is 0. The van der Waals surface area contributed by atoms with E-state index in [9.17, 15) is 0 Å². The van der Waals surface area contributed by atoms with Crippen LogP contribution >= 0.6 is 11.6 Å². The fraction of sp³-hybridized carbons (Fsp3) is 0.111. The van der Waals surface area contributed by atoms with Crippen molar-refractivity contribution in [1.82, 2.24) is 0 Å². The third-order valence-electron chi connectivity index (χ3n) is 6.59. The van der Waals surface area contributed by atoms with Crippen molar-refractivity contribution in [3.8, 4) is 0 Å². The predicted molar refractivity (Wildman–Crippen MR) is 124 cm³/mol. The fourth-order valence-electron chi connectivity index (χ4n) is 5.41. The molecule has 6 rings (SSSR count). The number of halogens is 1. The SMILES string of the molecule is Cc1ccc2c(c1)C1(c3ccccc3)Nc3ccc(Cl)cc3C1(c1ccccc1)N2. The molecule has 0 amide bonds. The van der Waals surface area contributed by atoms with Crippen LogP contribution in [0.2, 0.25) is 5.02 Å². The first kappa shape index (κ1) is 17.6. The summed E-state index contributed by atoms with van der Waals surface area (Å²) < 4.78 is 0. The molecule has 146 valence electrons. The van der Waals surface area contributed by atoms with E-state index in [2.05, 4.69) is 109 Å². The van der Waals surface area contributed by atoms with Crippen LogP contribution in [0.15, 0.2) is 97.1 Å². The maximum absolute atomic E-state index is 6.54. The molecule has 3 heteroatoms. The van der Waals surface area contributed by atoms with Crippen LogP contribution < -0.4 is 10.6 Å². The van der Waals surface area contributed by atoms with Crippen molar-refractivity contribution in [3.63, 3.8) is 0 Å². The van der Waals surface area contributed by atoms with Crippen LogP contribution in [0.4, 0.5) is 11.4 Å². The summed E-state index contributed by atoms with van der Waals surface area (Å²) in [5, 5.41) is 8.65. The van der Waals surface area contributed by atoms with E-state index in [-0.39, 0.29) is 0 Å². The Labute approximate surface area is 181 Å². The highest BCUT2D eigenvalue weighted by molar-refractivity contribution is 6.30. The zero-order valence-corrected chi connectivity index (χ0v) is 17.4. The zero-order chi connectivity index (χ0) is 20.3. The molecule has 0 saturated heterocycles. The number of aryl methyl sites for hydroxylation is 1. The highest BCUT2D eigenvalue weighted by atomic mass is 35.5. The molecule has 0 aromatic heterocycles. The van der Waals surface area contributed by atoms with Crippen LogP contribution in [0.5, 0.6) is 0 Å². The number of benzene rings is 4. The Morgan fingerprint density at radius 2 is 1.10 bits per heavy atom. The van der Waals surface area contributed by atoms with Crippen LogP contribution in [0, 0.1) is 6.92 Å². The number of nitrogens with one attached hydrogen (secondary N) is 2. The molecule has 4 aromatic rings. The minimum absolute atomic E-state index is 0.496. The van der Waals surface area contributed by atoms with Crippen LogP contribution in [-0.4, -0.2) is 0 Å². The first-order chi connectivity index (χ1) is 14.6. The monoisotopic (exact) mass is 408 g/mol. The Hall–Kier alpha value is -3.23. The van der Waals surface area contributed by atoms with Gasteiger partial charge in [-0.05, 0) is 42.3 Å². The molecule has 0 saturated carbocycles. The van der Waals surface area contributed by atoms with Gasteiger partial charge in [0.05, 0.1) is 0 Å². The van der Waals surface area contributed by atoms with E-state index in [0.717, 1.165) is 16.4 Å². The number of hydrogen-bond donors (Lipinski definition) is 2. The van der Waals surface area contributed by atoms with Gasteiger partial charge < -0.3 is 10.6 Å². The second kappa shape index (κ2) is 6.13. The van der Waals surface area contributed by atoms with Crippen LogP contribution in [0.25, 0.3) is 0 Å². The van der Waals surface area contributed by atoms with Crippen molar-refractivity contribution in [1.29, 1.82) is 0 Å². The van der Waals surface area contributed by atoms with Gasteiger partial charge in [-0.3, -0.25) is 0 Å². The Morgan fingerprint density at radius 3 is 1.67 bits per heavy atom. The number of fused-ring (bicyclic) bond motifs is 5. The van der Waals surface area contributed by atoms with Crippen molar-refractivity contribution in [3.05, 3.63) is 130 Å². The van der Waals surface area contributed by atoms with Crippen molar-refractivity contribution >= 4 is 23.0 Å². The molecule has 0 bridgehead atoms. The first-order valence-electron chi connectivity index (χ1n) is 10.2. The van der Waals surface area contributed by atoms with Gasteiger partial charge in [-0.15, -0.1) is 0 Å². The summed E-state index contributed by atoms with van der Waals surface area (Å²) >= 11 is 6.54. The maximum atomic E-state index is 6.54. The van der Waals surface area contributed by atoms with Gasteiger partial charge in [0.25, 0.3) is 0 Å². The second-order valence-electron chi connectivity index (χ2n) is 8.22. The first-order valence-corrected chi connectivity index (χ1v) is 10.6. The van der Waals surface area contributed by atoms with E-state index < -0.39 is 11.1 Å². The lowest BCUT2D eigenvalue weighted by atomic mass is 9.66. The average molecular weight is 409 g/mol. The topological polar surface area (TPSA) is 24.1 Å². The van der Waals surface area contributed by atoms with Crippen molar-refractivity contribution in [2.75, 3.05) is 10.6 Å². The van der Waals surface area contributed by atoms with Gasteiger partial charge >= 0.3 is 0 Å². The van der Waals surface area contributed by atoms with Gasteiger partial charge in [-0.2, -0.15) is 0 Å². The molecule has 2 unspecified atom stereocenters. The largest absolute Gasteiger partial charge is 0.369 e. The second-order valence-corrected chi connectivity index (χ2v) is 8.66. The van der Waals surface area contributed by atoms with Crippen molar-refractivity contribution in [2.45, 2.75) is 18.0 Å². The fourth-order valence-corrected chi connectivity index (χ4v) is 5.58. The van der Waals surface area contributed by atoms with E-state index in [1.807, 2.05) is 6.07 Å². The van der Waals surface area contributed by atoms with Gasteiger partial charge in [-0.25, -0.2) is 0 Å². The molecule has 0 aliphatic carbocycles.